The fourth-order valence-electron chi connectivity index (χ4n) is 3.82. The van der Waals surface area contributed by atoms with Crippen LogP contribution in [0.3, 0.4) is 0 Å². The molecule has 1 aliphatic rings. The van der Waals surface area contributed by atoms with Crippen molar-refractivity contribution >= 4 is 27.7 Å². The average molecular weight is 435 g/mol. The van der Waals surface area contributed by atoms with Crippen molar-refractivity contribution in [3.05, 3.63) is 94.0 Å². The van der Waals surface area contributed by atoms with Crippen molar-refractivity contribution in [1.29, 1.82) is 0 Å². The fraction of sp³-hybridized carbons (Fsp3) is 0.130. The molecule has 3 N–H and O–H groups in total. The largest absolute Gasteiger partial charge is 0.368 e. The van der Waals surface area contributed by atoms with Crippen molar-refractivity contribution in [2.45, 2.75) is 18.4 Å². The molecule has 0 radical (unpaired) electrons. The number of carbonyl (C=O) groups is 2. The third kappa shape index (κ3) is 3.45. The highest BCUT2D eigenvalue weighted by Gasteiger charge is 2.34. The first-order valence-electron chi connectivity index (χ1n) is 9.07. The highest BCUT2D eigenvalue weighted by Crippen LogP contribution is 2.44. The molecule has 140 valence electrons. The quantitative estimate of drug-likeness (QED) is 0.641. The number of benzene rings is 3. The van der Waals surface area contributed by atoms with E-state index in [0.717, 1.165) is 32.3 Å². The summed E-state index contributed by atoms with van der Waals surface area (Å²) in [6.45, 7) is 0. The summed E-state index contributed by atoms with van der Waals surface area (Å²) in [5.41, 5.74) is 10.5. The molecule has 0 aromatic heterocycles. The Bertz CT molecular complexity index is 1020. The SMILES string of the molecule is NC(=O)[C@@H](Cc1cccc(Br)c1)NC(=O)C1c2ccccc2-c2ccccc21. The zero-order valence-electron chi connectivity index (χ0n) is 15.1. The van der Waals surface area contributed by atoms with Crippen molar-refractivity contribution in [2.24, 2.45) is 5.73 Å². The van der Waals surface area contributed by atoms with E-state index >= 15 is 0 Å². The zero-order chi connectivity index (χ0) is 19.7. The van der Waals surface area contributed by atoms with Crippen LogP contribution in [0.5, 0.6) is 0 Å². The minimum Gasteiger partial charge on any atom is -0.368 e. The minimum atomic E-state index is -0.776. The number of fused-ring (bicyclic) bond motifs is 3. The molecular formula is C23H19BrN2O2. The van der Waals surface area contributed by atoms with Gasteiger partial charge in [0, 0.05) is 10.9 Å². The molecule has 0 bridgehead atoms. The summed E-state index contributed by atoms with van der Waals surface area (Å²) >= 11 is 3.43. The van der Waals surface area contributed by atoms with Crippen LogP contribution in [0.15, 0.2) is 77.3 Å². The lowest BCUT2D eigenvalue weighted by molar-refractivity contribution is -0.127. The summed E-state index contributed by atoms with van der Waals surface area (Å²) in [6.07, 6.45) is 0.344. The molecule has 0 spiro atoms. The van der Waals surface area contributed by atoms with Gasteiger partial charge in [-0.3, -0.25) is 9.59 Å². The third-order valence-electron chi connectivity index (χ3n) is 5.08. The lowest BCUT2D eigenvalue weighted by Crippen LogP contribution is -2.47. The second-order valence-corrected chi connectivity index (χ2v) is 7.82. The van der Waals surface area contributed by atoms with Gasteiger partial charge < -0.3 is 11.1 Å². The summed E-state index contributed by atoms with van der Waals surface area (Å²) in [7, 11) is 0. The number of halogens is 1. The molecule has 0 aliphatic heterocycles. The average Bonchev–Trinajstić information content (AvgIpc) is 3.02. The monoisotopic (exact) mass is 434 g/mol. The van der Waals surface area contributed by atoms with E-state index in [2.05, 4.69) is 21.2 Å². The van der Waals surface area contributed by atoms with E-state index < -0.39 is 17.9 Å². The number of carbonyl (C=O) groups excluding carboxylic acids is 2. The number of rotatable bonds is 5. The van der Waals surface area contributed by atoms with E-state index in [1.807, 2.05) is 72.8 Å². The van der Waals surface area contributed by atoms with Crippen molar-refractivity contribution in [1.82, 2.24) is 5.32 Å². The first kappa shape index (κ1) is 18.4. The van der Waals surface area contributed by atoms with Gasteiger partial charge in [0.1, 0.15) is 6.04 Å². The van der Waals surface area contributed by atoms with Crippen LogP contribution in [0.2, 0.25) is 0 Å². The van der Waals surface area contributed by atoms with Crippen LogP contribution in [0.25, 0.3) is 11.1 Å². The van der Waals surface area contributed by atoms with Crippen molar-refractivity contribution in [3.63, 3.8) is 0 Å². The lowest BCUT2D eigenvalue weighted by Gasteiger charge is -2.20. The summed E-state index contributed by atoms with van der Waals surface area (Å²) in [6, 6.07) is 22.6. The van der Waals surface area contributed by atoms with Crippen LogP contribution in [-0.4, -0.2) is 17.9 Å². The molecule has 28 heavy (non-hydrogen) atoms. The highest BCUT2D eigenvalue weighted by atomic mass is 79.9. The molecule has 0 unspecified atom stereocenters. The zero-order valence-corrected chi connectivity index (χ0v) is 16.6. The highest BCUT2D eigenvalue weighted by molar-refractivity contribution is 9.10. The molecule has 0 heterocycles. The molecule has 4 rings (SSSR count). The predicted octanol–water partition coefficient (Wildman–Crippen LogP) is 3.77. The second-order valence-electron chi connectivity index (χ2n) is 6.91. The van der Waals surface area contributed by atoms with E-state index in [0.29, 0.717) is 6.42 Å². The van der Waals surface area contributed by atoms with Crippen LogP contribution >= 0.6 is 15.9 Å². The van der Waals surface area contributed by atoms with Crippen LogP contribution in [0, 0.1) is 0 Å². The van der Waals surface area contributed by atoms with Gasteiger partial charge in [0.2, 0.25) is 11.8 Å². The summed E-state index contributed by atoms with van der Waals surface area (Å²) < 4.78 is 0.915. The molecular weight excluding hydrogens is 416 g/mol. The normalized spacial score (nSPS) is 13.5. The number of amides is 2. The molecule has 5 heteroatoms. The van der Waals surface area contributed by atoms with Gasteiger partial charge in [-0.05, 0) is 39.9 Å². The minimum absolute atomic E-state index is 0.212. The second kappa shape index (κ2) is 7.60. The maximum Gasteiger partial charge on any atom is 0.240 e. The third-order valence-corrected chi connectivity index (χ3v) is 5.58. The summed E-state index contributed by atoms with van der Waals surface area (Å²) in [5, 5.41) is 2.88. The Kier molecular flexibility index (Phi) is 5.01. The first-order chi connectivity index (χ1) is 13.5. The molecule has 0 saturated carbocycles. The number of hydrogen-bond donors (Lipinski definition) is 2. The smallest absolute Gasteiger partial charge is 0.240 e. The van der Waals surface area contributed by atoms with Gasteiger partial charge in [-0.2, -0.15) is 0 Å². The van der Waals surface area contributed by atoms with Crippen LogP contribution < -0.4 is 11.1 Å². The Morgan fingerprint density at radius 2 is 1.54 bits per heavy atom. The van der Waals surface area contributed by atoms with Crippen LogP contribution in [-0.2, 0) is 16.0 Å². The van der Waals surface area contributed by atoms with E-state index in [-0.39, 0.29) is 5.91 Å². The Labute approximate surface area is 171 Å². The van der Waals surface area contributed by atoms with E-state index in [4.69, 9.17) is 5.73 Å². The van der Waals surface area contributed by atoms with E-state index in [1.165, 1.54) is 0 Å². The van der Waals surface area contributed by atoms with Crippen molar-refractivity contribution in [3.8, 4) is 11.1 Å². The predicted molar refractivity (Wildman–Crippen MR) is 113 cm³/mol. The summed E-state index contributed by atoms with van der Waals surface area (Å²) in [4.78, 5) is 25.2. The van der Waals surface area contributed by atoms with Gasteiger partial charge in [-0.1, -0.05) is 76.6 Å². The van der Waals surface area contributed by atoms with Gasteiger partial charge in [-0.15, -0.1) is 0 Å². The Hall–Kier alpha value is -2.92. The van der Waals surface area contributed by atoms with Gasteiger partial charge in [-0.25, -0.2) is 0 Å². The molecule has 4 nitrogen and oxygen atoms in total. The Balaban J connectivity index is 1.62. The van der Waals surface area contributed by atoms with Crippen LogP contribution in [0.1, 0.15) is 22.6 Å². The number of primary amides is 1. The summed E-state index contributed by atoms with van der Waals surface area (Å²) in [5.74, 6) is -1.21. The number of nitrogens with two attached hydrogens (primary N) is 1. The van der Waals surface area contributed by atoms with Gasteiger partial charge in [0.25, 0.3) is 0 Å². The first-order valence-corrected chi connectivity index (χ1v) is 9.86. The molecule has 2 amide bonds. The van der Waals surface area contributed by atoms with Crippen molar-refractivity contribution in [2.75, 3.05) is 0 Å². The number of nitrogens with one attached hydrogen (secondary N) is 1. The van der Waals surface area contributed by atoms with Crippen molar-refractivity contribution < 1.29 is 9.59 Å². The van der Waals surface area contributed by atoms with E-state index in [1.54, 1.807) is 0 Å². The number of hydrogen-bond acceptors (Lipinski definition) is 2. The van der Waals surface area contributed by atoms with Crippen LogP contribution in [0.4, 0.5) is 0 Å². The standard InChI is InChI=1S/C23H19BrN2O2/c24-15-7-5-6-14(12-15)13-20(22(25)27)26-23(28)21-18-10-3-1-8-16(18)17-9-2-4-11-19(17)21/h1-12,20-21H,13H2,(H2,25,27)(H,26,28)/t20-/m1/s1. The molecule has 0 fully saturated rings. The Morgan fingerprint density at radius 3 is 2.11 bits per heavy atom. The molecule has 3 aromatic carbocycles. The van der Waals surface area contributed by atoms with Gasteiger partial charge >= 0.3 is 0 Å². The molecule has 1 atom stereocenters. The molecule has 0 saturated heterocycles. The maximum atomic E-state index is 13.2. The molecule has 3 aromatic rings. The lowest BCUT2D eigenvalue weighted by atomic mass is 9.95. The fourth-order valence-corrected chi connectivity index (χ4v) is 4.26. The maximum absolute atomic E-state index is 13.2. The Morgan fingerprint density at radius 1 is 0.929 bits per heavy atom. The molecule has 1 aliphatic carbocycles. The van der Waals surface area contributed by atoms with Gasteiger partial charge in [0.15, 0.2) is 0 Å². The van der Waals surface area contributed by atoms with E-state index in [9.17, 15) is 9.59 Å². The topological polar surface area (TPSA) is 72.2 Å². The van der Waals surface area contributed by atoms with Gasteiger partial charge in [0.05, 0.1) is 5.92 Å².